The molecule has 0 radical (unpaired) electrons. The lowest BCUT2D eigenvalue weighted by atomic mass is 10.1. The summed E-state index contributed by atoms with van der Waals surface area (Å²) < 4.78 is 37.0. The van der Waals surface area contributed by atoms with Crippen molar-refractivity contribution >= 4 is 26.7 Å². The summed E-state index contributed by atoms with van der Waals surface area (Å²) in [5.74, 6) is 0.887. The van der Waals surface area contributed by atoms with Gasteiger partial charge in [-0.25, -0.2) is 8.42 Å². The molecule has 0 aliphatic rings. The lowest BCUT2D eigenvalue weighted by Crippen LogP contribution is -2.39. The van der Waals surface area contributed by atoms with Crippen LogP contribution in [0.15, 0.2) is 71.6 Å². The fourth-order valence-corrected chi connectivity index (χ4v) is 4.07. The van der Waals surface area contributed by atoms with Gasteiger partial charge in [0.05, 0.1) is 25.1 Å². The Hall–Kier alpha value is -3.10. The number of methoxy groups -OCH3 is 1. The van der Waals surface area contributed by atoms with Crippen LogP contribution in [-0.4, -0.2) is 52.5 Å². The zero-order valence-electron chi connectivity index (χ0n) is 16.9. The smallest absolute Gasteiger partial charge is 0.243 e. The second-order valence-electron chi connectivity index (χ2n) is 6.61. The molecule has 0 aliphatic carbocycles. The molecule has 1 amide bonds. The van der Waals surface area contributed by atoms with E-state index in [-0.39, 0.29) is 24.6 Å². The molecule has 0 unspecified atom stereocenters. The van der Waals surface area contributed by atoms with Crippen LogP contribution in [0.2, 0.25) is 0 Å². The third-order valence-corrected chi connectivity index (χ3v) is 6.38. The molecule has 158 valence electrons. The average molecular weight is 429 g/mol. The monoisotopic (exact) mass is 428 g/mol. The van der Waals surface area contributed by atoms with Crippen LogP contribution in [-0.2, 0) is 14.8 Å². The number of nitrogens with zero attached hydrogens (tertiary/aromatic N) is 1. The fourth-order valence-electron chi connectivity index (χ4n) is 2.94. The van der Waals surface area contributed by atoms with E-state index in [1.807, 2.05) is 42.5 Å². The van der Waals surface area contributed by atoms with E-state index < -0.39 is 15.9 Å². The van der Waals surface area contributed by atoms with Crippen molar-refractivity contribution in [3.63, 3.8) is 0 Å². The molecule has 0 saturated carbocycles. The number of nitrogens with one attached hydrogen (secondary N) is 1. The number of hydrogen-bond donors (Lipinski definition) is 1. The summed E-state index contributed by atoms with van der Waals surface area (Å²) in [4.78, 5) is 12.3. The summed E-state index contributed by atoms with van der Waals surface area (Å²) in [5, 5.41) is 4.75. The van der Waals surface area contributed by atoms with E-state index in [4.69, 9.17) is 9.47 Å². The van der Waals surface area contributed by atoms with Gasteiger partial charge in [0.1, 0.15) is 18.1 Å². The van der Waals surface area contributed by atoms with E-state index in [2.05, 4.69) is 5.32 Å². The lowest BCUT2D eigenvalue weighted by Gasteiger charge is -2.17. The standard InChI is InChI=1S/C22H24N2O5S/c1-24(30(26,27)19-12-10-18(28-2)11-13-19)16-22(25)23-14-15-29-21-9-5-7-17-6-3-4-8-20(17)21/h3-13H,14-16H2,1-2H3,(H,23,25). The zero-order chi connectivity index (χ0) is 21.6. The third-order valence-electron chi connectivity index (χ3n) is 4.57. The number of carbonyl (C=O) groups is 1. The van der Waals surface area contributed by atoms with Gasteiger partial charge in [0.15, 0.2) is 0 Å². The zero-order valence-corrected chi connectivity index (χ0v) is 17.7. The molecule has 0 heterocycles. The molecule has 3 aromatic rings. The van der Waals surface area contributed by atoms with Crippen molar-refractivity contribution in [1.29, 1.82) is 0 Å². The van der Waals surface area contributed by atoms with Crippen LogP contribution in [0.3, 0.4) is 0 Å². The van der Waals surface area contributed by atoms with Crippen LogP contribution in [0.5, 0.6) is 11.5 Å². The molecule has 1 N–H and O–H groups in total. The molecule has 0 bridgehead atoms. The Bertz CT molecular complexity index is 1110. The maximum Gasteiger partial charge on any atom is 0.243 e. The molecule has 0 spiro atoms. The van der Waals surface area contributed by atoms with Crippen LogP contribution in [0.1, 0.15) is 0 Å². The van der Waals surface area contributed by atoms with Crippen molar-refractivity contribution in [3.8, 4) is 11.5 Å². The topological polar surface area (TPSA) is 84.9 Å². The normalized spacial score (nSPS) is 11.4. The van der Waals surface area contributed by atoms with Crippen LogP contribution in [0, 0.1) is 0 Å². The maximum absolute atomic E-state index is 12.6. The molecule has 0 fully saturated rings. The van der Waals surface area contributed by atoms with Gasteiger partial charge in [0.2, 0.25) is 15.9 Å². The molecule has 3 rings (SSSR count). The van der Waals surface area contributed by atoms with Gasteiger partial charge in [-0.05, 0) is 35.7 Å². The van der Waals surface area contributed by atoms with Crippen molar-refractivity contribution in [2.45, 2.75) is 4.90 Å². The van der Waals surface area contributed by atoms with Gasteiger partial charge < -0.3 is 14.8 Å². The van der Waals surface area contributed by atoms with Crippen molar-refractivity contribution in [2.75, 3.05) is 33.9 Å². The molecule has 7 nitrogen and oxygen atoms in total. The molecule has 3 aromatic carbocycles. The first-order valence-corrected chi connectivity index (χ1v) is 10.8. The van der Waals surface area contributed by atoms with Gasteiger partial charge >= 0.3 is 0 Å². The molecule has 30 heavy (non-hydrogen) atoms. The van der Waals surface area contributed by atoms with E-state index in [9.17, 15) is 13.2 Å². The second kappa shape index (κ2) is 9.60. The number of ether oxygens (including phenoxy) is 2. The Balaban J connectivity index is 1.50. The van der Waals surface area contributed by atoms with Crippen LogP contribution in [0.4, 0.5) is 0 Å². The highest BCUT2D eigenvalue weighted by Crippen LogP contribution is 2.24. The Morgan fingerprint density at radius 3 is 2.43 bits per heavy atom. The van der Waals surface area contributed by atoms with Gasteiger partial charge in [-0.1, -0.05) is 36.4 Å². The number of hydrogen-bond acceptors (Lipinski definition) is 5. The van der Waals surface area contributed by atoms with Gasteiger partial charge in [0.25, 0.3) is 0 Å². The second-order valence-corrected chi connectivity index (χ2v) is 8.66. The lowest BCUT2D eigenvalue weighted by molar-refractivity contribution is -0.121. The van der Waals surface area contributed by atoms with E-state index in [1.54, 1.807) is 12.1 Å². The highest BCUT2D eigenvalue weighted by Gasteiger charge is 2.22. The number of likely N-dealkylation sites (N-methyl/N-ethyl adjacent to an activating group) is 1. The van der Waals surface area contributed by atoms with Crippen molar-refractivity contribution < 1.29 is 22.7 Å². The van der Waals surface area contributed by atoms with Crippen molar-refractivity contribution in [2.24, 2.45) is 0 Å². The molecule has 0 aliphatic heterocycles. The summed E-state index contributed by atoms with van der Waals surface area (Å²) in [6, 6.07) is 19.7. The minimum Gasteiger partial charge on any atom is -0.497 e. The predicted molar refractivity (Wildman–Crippen MR) is 115 cm³/mol. The number of sulfonamides is 1. The number of amides is 1. The first-order valence-electron chi connectivity index (χ1n) is 9.39. The largest absolute Gasteiger partial charge is 0.497 e. The van der Waals surface area contributed by atoms with E-state index in [1.165, 1.54) is 26.3 Å². The average Bonchev–Trinajstić information content (AvgIpc) is 2.76. The maximum atomic E-state index is 12.6. The van der Waals surface area contributed by atoms with Gasteiger partial charge in [-0.15, -0.1) is 0 Å². The van der Waals surface area contributed by atoms with Gasteiger partial charge in [-0.3, -0.25) is 4.79 Å². The first kappa shape index (κ1) is 21.6. The summed E-state index contributed by atoms with van der Waals surface area (Å²) in [6.45, 7) is 0.246. The predicted octanol–water partition coefficient (Wildman–Crippen LogP) is 2.66. The quantitative estimate of drug-likeness (QED) is 0.530. The van der Waals surface area contributed by atoms with Crippen LogP contribution < -0.4 is 14.8 Å². The Morgan fingerprint density at radius 2 is 1.70 bits per heavy atom. The molecule has 0 atom stereocenters. The Morgan fingerprint density at radius 1 is 1.00 bits per heavy atom. The Labute approximate surface area is 176 Å². The molecule has 0 aromatic heterocycles. The van der Waals surface area contributed by atoms with E-state index in [0.29, 0.717) is 5.75 Å². The third kappa shape index (κ3) is 5.08. The molecule has 0 saturated heterocycles. The van der Waals surface area contributed by atoms with E-state index >= 15 is 0 Å². The summed E-state index contributed by atoms with van der Waals surface area (Å²) in [6.07, 6.45) is 0. The van der Waals surface area contributed by atoms with Crippen LogP contribution in [0.25, 0.3) is 10.8 Å². The SMILES string of the molecule is COc1ccc(S(=O)(=O)N(C)CC(=O)NCCOc2cccc3ccccc23)cc1. The molecule has 8 heteroatoms. The number of carbonyl (C=O) groups excluding carboxylic acids is 1. The summed E-state index contributed by atoms with van der Waals surface area (Å²) in [5.41, 5.74) is 0. The summed E-state index contributed by atoms with van der Waals surface area (Å²) in [7, 11) is -0.900. The number of rotatable bonds is 9. The molecular weight excluding hydrogens is 404 g/mol. The van der Waals surface area contributed by atoms with Crippen molar-refractivity contribution in [3.05, 3.63) is 66.7 Å². The van der Waals surface area contributed by atoms with E-state index in [0.717, 1.165) is 20.8 Å². The first-order chi connectivity index (χ1) is 14.4. The van der Waals surface area contributed by atoms with Gasteiger partial charge in [0, 0.05) is 12.4 Å². The minimum absolute atomic E-state index is 0.0953. The highest BCUT2D eigenvalue weighted by molar-refractivity contribution is 7.89. The van der Waals surface area contributed by atoms with Crippen molar-refractivity contribution in [1.82, 2.24) is 9.62 Å². The van der Waals surface area contributed by atoms with Crippen LogP contribution >= 0.6 is 0 Å². The summed E-state index contributed by atoms with van der Waals surface area (Å²) >= 11 is 0. The molecular formula is C22H24N2O5S. The Kier molecular flexibility index (Phi) is 6.91. The fraction of sp³-hybridized carbons (Fsp3) is 0.227. The number of benzene rings is 3. The minimum atomic E-state index is -3.77. The number of fused-ring (bicyclic) bond motifs is 1. The highest BCUT2D eigenvalue weighted by atomic mass is 32.2. The van der Waals surface area contributed by atoms with Gasteiger partial charge in [-0.2, -0.15) is 4.31 Å².